The van der Waals surface area contributed by atoms with Crippen molar-refractivity contribution in [2.45, 2.75) is 71.6 Å². The first-order valence-corrected chi connectivity index (χ1v) is 6.80. The Balaban J connectivity index is 2.06. The first kappa shape index (κ1) is 12.7. The molecule has 1 saturated carbocycles. The van der Waals surface area contributed by atoms with Crippen LogP contribution in [0.2, 0.25) is 0 Å². The summed E-state index contributed by atoms with van der Waals surface area (Å²) in [5, 5.41) is 7.60. The molecule has 0 spiro atoms. The van der Waals surface area contributed by atoms with Crippen molar-refractivity contribution >= 4 is 5.71 Å². The van der Waals surface area contributed by atoms with Crippen molar-refractivity contribution in [1.29, 1.82) is 5.41 Å². The molecule has 0 saturated heterocycles. The van der Waals surface area contributed by atoms with Crippen LogP contribution in [-0.2, 0) is 0 Å². The van der Waals surface area contributed by atoms with E-state index >= 15 is 0 Å². The van der Waals surface area contributed by atoms with E-state index in [4.69, 9.17) is 5.41 Å². The first-order valence-electron chi connectivity index (χ1n) is 6.80. The zero-order valence-electron chi connectivity index (χ0n) is 10.5. The number of nitrogens with one attached hydrogen (secondary N) is 1. The fourth-order valence-corrected chi connectivity index (χ4v) is 2.74. The number of hydrogen-bond acceptors (Lipinski definition) is 1. The monoisotopic (exact) mass is 209 g/mol. The zero-order chi connectivity index (χ0) is 11.1. The van der Waals surface area contributed by atoms with Crippen molar-refractivity contribution in [1.82, 2.24) is 0 Å². The van der Waals surface area contributed by atoms with Crippen LogP contribution in [0.4, 0.5) is 0 Å². The maximum Gasteiger partial charge on any atom is 0.00864 e. The van der Waals surface area contributed by atoms with Crippen LogP contribution in [0.1, 0.15) is 71.6 Å². The Bertz CT molecular complexity index is 186. The summed E-state index contributed by atoms with van der Waals surface area (Å²) in [6.45, 7) is 4.52. The van der Waals surface area contributed by atoms with E-state index in [9.17, 15) is 0 Å². The molecule has 1 nitrogen and oxygen atoms in total. The lowest BCUT2D eigenvalue weighted by atomic mass is 9.78. The van der Waals surface area contributed by atoms with Gasteiger partial charge in [0.15, 0.2) is 0 Å². The molecule has 2 unspecified atom stereocenters. The molecule has 0 heterocycles. The summed E-state index contributed by atoms with van der Waals surface area (Å²) in [7, 11) is 0. The lowest BCUT2D eigenvalue weighted by Crippen LogP contribution is -2.16. The summed E-state index contributed by atoms with van der Waals surface area (Å²) in [6, 6.07) is 0. The molecule has 2 atom stereocenters. The first-order chi connectivity index (χ1) is 7.24. The fourth-order valence-electron chi connectivity index (χ4n) is 2.74. The summed E-state index contributed by atoms with van der Waals surface area (Å²) in [5.74, 6) is 1.96. The van der Waals surface area contributed by atoms with Gasteiger partial charge < -0.3 is 5.41 Å². The quantitative estimate of drug-likeness (QED) is 0.480. The second-order valence-electron chi connectivity index (χ2n) is 5.22. The van der Waals surface area contributed by atoms with Crippen LogP contribution in [0.3, 0.4) is 0 Å². The van der Waals surface area contributed by atoms with E-state index in [1.165, 1.54) is 44.9 Å². The maximum atomic E-state index is 7.60. The molecule has 1 heteroatoms. The number of unbranched alkanes of at least 4 members (excludes halogenated alkanes) is 1. The molecule has 1 fully saturated rings. The lowest BCUT2D eigenvalue weighted by molar-refractivity contribution is 0.237. The van der Waals surface area contributed by atoms with Gasteiger partial charge in [0.2, 0.25) is 0 Å². The third kappa shape index (κ3) is 4.81. The molecule has 0 amide bonds. The standard InChI is InChI=1S/C14H27N/c1-3-14(15)11-7-6-10-13-9-5-4-8-12(13)2/h12-13,15H,3-11H2,1-2H3. The van der Waals surface area contributed by atoms with Crippen LogP contribution in [-0.4, -0.2) is 5.71 Å². The predicted molar refractivity (Wildman–Crippen MR) is 67.6 cm³/mol. The summed E-state index contributed by atoms with van der Waals surface area (Å²) in [4.78, 5) is 0. The van der Waals surface area contributed by atoms with Gasteiger partial charge in [-0.3, -0.25) is 0 Å². The van der Waals surface area contributed by atoms with E-state index in [0.717, 1.165) is 30.4 Å². The molecule has 0 aliphatic heterocycles. The van der Waals surface area contributed by atoms with Crippen LogP contribution in [0.5, 0.6) is 0 Å². The van der Waals surface area contributed by atoms with Gasteiger partial charge in [-0.2, -0.15) is 0 Å². The normalized spacial score (nSPS) is 26.5. The van der Waals surface area contributed by atoms with E-state index in [-0.39, 0.29) is 0 Å². The highest BCUT2D eigenvalue weighted by molar-refractivity contribution is 5.80. The Hall–Kier alpha value is -0.330. The number of rotatable bonds is 6. The highest BCUT2D eigenvalue weighted by Gasteiger charge is 2.20. The molecular weight excluding hydrogens is 182 g/mol. The molecule has 1 rings (SSSR count). The van der Waals surface area contributed by atoms with Crippen molar-refractivity contribution in [3.8, 4) is 0 Å². The van der Waals surface area contributed by atoms with Gasteiger partial charge in [0, 0.05) is 5.71 Å². The Kier molecular flexibility index (Phi) is 5.97. The highest BCUT2D eigenvalue weighted by Crippen LogP contribution is 2.33. The van der Waals surface area contributed by atoms with E-state index in [1.54, 1.807) is 0 Å². The van der Waals surface area contributed by atoms with Gasteiger partial charge in [-0.25, -0.2) is 0 Å². The van der Waals surface area contributed by atoms with Crippen molar-refractivity contribution in [3.05, 3.63) is 0 Å². The summed E-state index contributed by atoms with van der Waals surface area (Å²) in [5.41, 5.74) is 0.937. The molecule has 0 aromatic carbocycles. The molecule has 0 bridgehead atoms. The van der Waals surface area contributed by atoms with Gasteiger partial charge in [0.05, 0.1) is 0 Å². The van der Waals surface area contributed by atoms with Crippen molar-refractivity contribution < 1.29 is 0 Å². The highest BCUT2D eigenvalue weighted by atomic mass is 14.4. The summed E-state index contributed by atoms with van der Waals surface area (Å²) >= 11 is 0. The van der Waals surface area contributed by atoms with Crippen LogP contribution >= 0.6 is 0 Å². The zero-order valence-corrected chi connectivity index (χ0v) is 10.5. The van der Waals surface area contributed by atoms with Crippen molar-refractivity contribution in [2.75, 3.05) is 0 Å². The molecule has 1 N–H and O–H groups in total. The molecule has 88 valence electrons. The van der Waals surface area contributed by atoms with E-state index in [0.29, 0.717) is 0 Å². The molecule has 0 aromatic heterocycles. The lowest BCUT2D eigenvalue weighted by Gasteiger charge is -2.28. The van der Waals surface area contributed by atoms with Crippen molar-refractivity contribution in [2.24, 2.45) is 11.8 Å². The van der Waals surface area contributed by atoms with Crippen LogP contribution < -0.4 is 0 Å². The second kappa shape index (κ2) is 7.03. The maximum absolute atomic E-state index is 7.60. The van der Waals surface area contributed by atoms with E-state index in [1.807, 2.05) is 0 Å². The molecular formula is C14H27N. The third-order valence-electron chi connectivity index (χ3n) is 4.02. The number of hydrogen-bond donors (Lipinski definition) is 1. The SMILES string of the molecule is CCC(=N)CCCCC1CCCCC1C. The molecule has 1 aliphatic rings. The van der Waals surface area contributed by atoms with E-state index < -0.39 is 0 Å². The average Bonchev–Trinajstić information content (AvgIpc) is 2.26. The van der Waals surface area contributed by atoms with E-state index in [2.05, 4.69) is 13.8 Å². The van der Waals surface area contributed by atoms with Gasteiger partial charge >= 0.3 is 0 Å². The Labute approximate surface area is 95.2 Å². The topological polar surface area (TPSA) is 23.9 Å². The van der Waals surface area contributed by atoms with Crippen LogP contribution in [0.15, 0.2) is 0 Å². The second-order valence-corrected chi connectivity index (χ2v) is 5.22. The Morgan fingerprint density at radius 1 is 1.20 bits per heavy atom. The fraction of sp³-hybridized carbons (Fsp3) is 0.929. The summed E-state index contributed by atoms with van der Waals surface area (Å²) < 4.78 is 0. The Morgan fingerprint density at radius 3 is 2.60 bits per heavy atom. The predicted octanol–water partition coefficient (Wildman–Crippen LogP) is 4.80. The van der Waals surface area contributed by atoms with Gasteiger partial charge in [-0.15, -0.1) is 0 Å². The molecule has 0 aromatic rings. The minimum atomic E-state index is 0.937. The van der Waals surface area contributed by atoms with Crippen LogP contribution in [0, 0.1) is 17.2 Å². The Morgan fingerprint density at radius 2 is 1.93 bits per heavy atom. The van der Waals surface area contributed by atoms with Gasteiger partial charge in [0.25, 0.3) is 0 Å². The molecule has 0 radical (unpaired) electrons. The largest absolute Gasteiger partial charge is 0.310 e. The van der Waals surface area contributed by atoms with Crippen LogP contribution in [0.25, 0.3) is 0 Å². The van der Waals surface area contributed by atoms with Gasteiger partial charge in [0.1, 0.15) is 0 Å². The third-order valence-corrected chi connectivity index (χ3v) is 4.02. The molecule has 15 heavy (non-hydrogen) atoms. The average molecular weight is 209 g/mol. The van der Waals surface area contributed by atoms with Crippen molar-refractivity contribution in [3.63, 3.8) is 0 Å². The minimum absolute atomic E-state index is 0.937. The minimum Gasteiger partial charge on any atom is -0.310 e. The van der Waals surface area contributed by atoms with Gasteiger partial charge in [-0.05, 0) is 31.1 Å². The smallest absolute Gasteiger partial charge is 0.00864 e. The molecule has 1 aliphatic carbocycles. The summed E-state index contributed by atoms with van der Waals surface area (Å²) in [6.07, 6.45) is 11.8. The van der Waals surface area contributed by atoms with Gasteiger partial charge in [-0.1, -0.05) is 52.4 Å².